The van der Waals surface area contributed by atoms with Gasteiger partial charge in [0, 0.05) is 4.47 Å². The van der Waals surface area contributed by atoms with Gasteiger partial charge in [0.25, 0.3) is 0 Å². The van der Waals surface area contributed by atoms with Gasteiger partial charge < -0.3 is 29.9 Å². The van der Waals surface area contributed by atoms with Crippen LogP contribution in [0.5, 0.6) is 5.75 Å². The first-order valence-electron chi connectivity index (χ1n) is 8.42. The number of aliphatic hydroxyl groups is 4. The zero-order valence-electron chi connectivity index (χ0n) is 14.2. The molecule has 28 heavy (non-hydrogen) atoms. The Bertz CT molecular complexity index is 1030. The van der Waals surface area contributed by atoms with Crippen molar-refractivity contribution in [3.63, 3.8) is 0 Å². The second-order valence-corrected chi connectivity index (χ2v) is 8.10. The van der Waals surface area contributed by atoms with Crippen LogP contribution >= 0.6 is 31.9 Å². The van der Waals surface area contributed by atoms with E-state index < -0.39 is 37.3 Å². The van der Waals surface area contributed by atoms with E-state index in [0.717, 1.165) is 0 Å². The van der Waals surface area contributed by atoms with Crippen molar-refractivity contribution in [2.24, 2.45) is 0 Å². The van der Waals surface area contributed by atoms with Crippen LogP contribution in [0.2, 0.25) is 0 Å². The Balaban J connectivity index is 1.81. The summed E-state index contributed by atoms with van der Waals surface area (Å²) in [7, 11) is 0. The molecule has 0 aliphatic carbocycles. The Kier molecular flexibility index (Phi) is 5.53. The van der Waals surface area contributed by atoms with Gasteiger partial charge in [-0.2, -0.15) is 0 Å². The van der Waals surface area contributed by atoms with Gasteiger partial charge in [-0.3, -0.25) is 0 Å². The van der Waals surface area contributed by atoms with Gasteiger partial charge in [-0.05, 0) is 50.1 Å². The van der Waals surface area contributed by atoms with Crippen molar-refractivity contribution in [1.29, 1.82) is 0 Å². The number of aliphatic hydroxyl groups excluding tert-OH is 4. The van der Waals surface area contributed by atoms with Gasteiger partial charge in [0.15, 0.2) is 5.75 Å². The maximum absolute atomic E-state index is 10.3. The number of hydrogen-bond donors (Lipinski definition) is 4. The summed E-state index contributed by atoms with van der Waals surface area (Å²) >= 11 is 6.89. The average molecular weight is 516 g/mol. The summed E-state index contributed by atoms with van der Waals surface area (Å²) in [5.74, 6) is 0.251. The molecule has 2 heterocycles. The average Bonchev–Trinajstić information content (AvgIpc) is 2.69. The summed E-state index contributed by atoms with van der Waals surface area (Å²) in [5.41, 5.74) is 2.31. The predicted molar refractivity (Wildman–Crippen MR) is 107 cm³/mol. The molecule has 1 saturated heterocycles. The maximum Gasteiger partial charge on any atom is 0.229 e. The highest BCUT2D eigenvalue weighted by molar-refractivity contribution is 9.11. The molecule has 1 aliphatic heterocycles. The molecule has 5 atom stereocenters. The van der Waals surface area contributed by atoms with E-state index in [9.17, 15) is 20.4 Å². The van der Waals surface area contributed by atoms with Crippen molar-refractivity contribution in [1.82, 2.24) is 9.97 Å². The zero-order valence-corrected chi connectivity index (χ0v) is 17.4. The van der Waals surface area contributed by atoms with Crippen LogP contribution in [0.25, 0.3) is 22.1 Å². The summed E-state index contributed by atoms with van der Waals surface area (Å²) in [5, 5.41) is 39.6. The number of para-hydroxylation sites is 2. The molecule has 2 aromatic carbocycles. The SMILES string of the molecule is OC[C@H]1O[C@H](Oc2c(Br)cc(Br)c3nc4ccccc4nc23)[C@H](O)[C@H](O)[C@H]1O. The van der Waals surface area contributed by atoms with Crippen LogP contribution in [0.15, 0.2) is 39.3 Å². The molecule has 1 fully saturated rings. The number of fused-ring (bicyclic) bond motifs is 2. The fourth-order valence-corrected chi connectivity index (χ4v) is 4.40. The second kappa shape index (κ2) is 7.79. The minimum atomic E-state index is -1.54. The highest BCUT2D eigenvalue weighted by Gasteiger charge is 2.45. The van der Waals surface area contributed by atoms with Gasteiger partial charge in [-0.1, -0.05) is 12.1 Å². The monoisotopic (exact) mass is 514 g/mol. The van der Waals surface area contributed by atoms with Crippen LogP contribution in [0, 0.1) is 0 Å². The van der Waals surface area contributed by atoms with Crippen molar-refractivity contribution in [2.45, 2.75) is 30.7 Å². The van der Waals surface area contributed by atoms with E-state index in [4.69, 9.17) is 9.47 Å². The van der Waals surface area contributed by atoms with Gasteiger partial charge in [-0.25, -0.2) is 9.97 Å². The Morgan fingerprint density at radius 3 is 2.21 bits per heavy atom. The third kappa shape index (κ3) is 3.39. The van der Waals surface area contributed by atoms with Gasteiger partial charge in [0.2, 0.25) is 6.29 Å². The Morgan fingerprint density at radius 2 is 1.57 bits per heavy atom. The smallest absolute Gasteiger partial charge is 0.229 e. The number of aromatic nitrogens is 2. The molecular formula is C18H16Br2N2O6. The van der Waals surface area contributed by atoms with E-state index in [2.05, 4.69) is 41.8 Å². The molecule has 4 rings (SSSR count). The lowest BCUT2D eigenvalue weighted by Gasteiger charge is -2.39. The van der Waals surface area contributed by atoms with Crippen molar-refractivity contribution < 1.29 is 29.9 Å². The Hall–Kier alpha value is -1.40. The summed E-state index contributed by atoms with van der Waals surface area (Å²) in [4.78, 5) is 9.22. The molecule has 148 valence electrons. The number of benzene rings is 2. The molecule has 3 aromatic rings. The van der Waals surface area contributed by atoms with Gasteiger partial charge >= 0.3 is 0 Å². The lowest BCUT2D eigenvalue weighted by atomic mass is 9.99. The fraction of sp³-hybridized carbons (Fsp3) is 0.333. The minimum absolute atomic E-state index is 0.251. The second-order valence-electron chi connectivity index (χ2n) is 6.39. The zero-order chi connectivity index (χ0) is 20.0. The van der Waals surface area contributed by atoms with Gasteiger partial charge in [0.05, 0.1) is 22.1 Å². The molecule has 1 aliphatic rings. The minimum Gasteiger partial charge on any atom is -0.458 e. The lowest BCUT2D eigenvalue weighted by Crippen LogP contribution is -2.60. The van der Waals surface area contributed by atoms with E-state index in [1.54, 1.807) is 6.07 Å². The lowest BCUT2D eigenvalue weighted by molar-refractivity contribution is -0.277. The van der Waals surface area contributed by atoms with Crippen molar-refractivity contribution in [3.8, 4) is 5.75 Å². The quantitative estimate of drug-likeness (QED) is 0.387. The fourth-order valence-electron chi connectivity index (χ4n) is 3.08. The van der Waals surface area contributed by atoms with Crippen LogP contribution in [-0.2, 0) is 4.74 Å². The molecule has 0 bridgehead atoms. The summed E-state index contributed by atoms with van der Waals surface area (Å²) in [6, 6.07) is 9.09. The largest absolute Gasteiger partial charge is 0.458 e. The predicted octanol–water partition coefficient (Wildman–Crippen LogP) is 1.49. The first kappa shape index (κ1) is 19.9. The standard InChI is InChI=1S/C18H16Br2N2O6/c19-7-5-8(20)17(13-12(7)21-9-3-1-2-4-10(9)22-13)28-18-16(26)15(25)14(24)11(6-23)27-18/h1-5,11,14-16,18,23-26H,6H2/t11-,14+,15-,16-,18-/m1/s1. The number of hydrogen-bond acceptors (Lipinski definition) is 8. The maximum atomic E-state index is 10.3. The molecule has 1 aromatic heterocycles. The van der Waals surface area contributed by atoms with E-state index in [-0.39, 0.29) is 5.75 Å². The Morgan fingerprint density at radius 1 is 0.929 bits per heavy atom. The third-order valence-corrected chi connectivity index (χ3v) is 5.76. The van der Waals surface area contributed by atoms with Crippen molar-refractivity contribution in [2.75, 3.05) is 6.61 Å². The highest BCUT2D eigenvalue weighted by Crippen LogP contribution is 2.39. The van der Waals surface area contributed by atoms with Crippen LogP contribution in [0.3, 0.4) is 0 Å². The molecule has 4 N–H and O–H groups in total. The van der Waals surface area contributed by atoms with Crippen LogP contribution in [0.1, 0.15) is 0 Å². The number of ether oxygens (including phenoxy) is 2. The number of nitrogens with zero attached hydrogens (tertiary/aromatic N) is 2. The summed E-state index contributed by atoms with van der Waals surface area (Å²) in [6.07, 6.45) is -6.94. The molecular weight excluding hydrogens is 500 g/mol. The topological polar surface area (TPSA) is 125 Å². The normalized spacial score (nSPS) is 28.0. The summed E-state index contributed by atoms with van der Waals surface area (Å²) in [6.45, 7) is -0.544. The van der Waals surface area contributed by atoms with Crippen LogP contribution in [0.4, 0.5) is 0 Å². The molecule has 0 spiro atoms. The molecule has 0 amide bonds. The number of halogens is 2. The van der Waals surface area contributed by atoms with Crippen molar-refractivity contribution in [3.05, 3.63) is 39.3 Å². The highest BCUT2D eigenvalue weighted by atomic mass is 79.9. The third-order valence-electron chi connectivity index (χ3n) is 4.56. The first-order valence-corrected chi connectivity index (χ1v) is 10.0. The van der Waals surface area contributed by atoms with Gasteiger partial charge in [-0.15, -0.1) is 0 Å². The molecule has 0 unspecified atom stereocenters. The van der Waals surface area contributed by atoms with Gasteiger partial charge in [0.1, 0.15) is 35.4 Å². The van der Waals surface area contributed by atoms with Crippen LogP contribution < -0.4 is 4.74 Å². The first-order chi connectivity index (χ1) is 13.4. The van der Waals surface area contributed by atoms with Crippen LogP contribution in [-0.4, -0.2) is 67.7 Å². The van der Waals surface area contributed by atoms with E-state index >= 15 is 0 Å². The molecule has 0 radical (unpaired) electrons. The molecule has 10 heteroatoms. The van der Waals surface area contributed by atoms with E-state index in [1.165, 1.54) is 0 Å². The Labute approximate surface area is 176 Å². The van der Waals surface area contributed by atoms with E-state index in [0.29, 0.717) is 31.0 Å². The van der Waals surface area contributed by atoms with E-state index in [1.807, 2.05) is 24.3 Å². The number of rotatable bonds is 3. The molecule has 0 saturated carbocycles. The van der Waals surface area contributed by atoms with Crippen molar-refractivity contribution >= 4 is 53.9 Å². The summed E-state index contributed by atoms with van der Waals surface area (Å²) < 4.78 is 12.5. The molecule has 8 nitrogen and oxygen atoms in total.